The van der Waals surface area contributed by atoms with E-state index in [9.17, 15) is 4.79 Å². The molecule has 0 aliphatic heterocycles. The Hall–Kier alpha value is -1.36. The Bertz CT molecular complexity index is 322. The molecular formula is C10H17N3O2. The third-order valence-corrected chi connectivity index (χ3v) is 2.20. The third-order valence-electron chi connectivity index (χ3n) is 2.20. The Morgan fingerprint density at radius 3 is 2.87 bits per heavy atom. The van der Waals surface area contributed by atoms with Crippen LogP contribution >= 0.6 is 0 Å². The maximum Gasteiger partial charge on any atom is 0.234 e. The van der Waals surface area contributed by atoms with Gasteiger partial charge in [0.15, 0.2) is 0 Å². The number of aromatic nitrogens is 1. The molecule has 1 amide bonds. The van der Waals surface area contributed by atoms with Crippen molar-refractivity contribution in [3.05, 3.63) is 17.8 Å². The summed E-state index contributed by atoms with van der Waals surface area (Å²) in [7, 11) is 0. The smallest absolute Gasteiger partial charge is 0.234 e. The predicted octanol–water partition coefficient (Wildman–Crippen LogP) is 0.590. The van der Waals surface area contributed by atoms with Gasteiger partial charge in [-0.1, -0.05) is 13.8 Å². The van der Waals surface area contributed by atoms with Crippen LogP contribution in [0.2, 0.25) is 0 Å². The van der Waals surface area contributed by atoms with Crippen LogP contribution in [-0.2, 0) is 17.8 Å². The molecule has 0 spiro atoms. The molecule has 0 radical (unpaired) electrons. The first-order chi connectivity index (χ1) is 7.17. The van der Waals surface area contributed by atoms with Gasteiger partial charge < -0.3 is 10.2 Å². The summed E-state index contributed by atoms with van der Waals surface area (Å²) in [5, 5.41) is 2.99. The van der Waals surface area contributed by atoms with E-state index in [-0.39, 0.29) is 11.9 Å². The van der Waals surface area contributed by atoms with E-state index in [4.69, 9.17) is 10.2 Å². The van der Waals surface area contributed by atoms with Crippen molar-refractivity contribution in [3.8, 4) is 0 Å². The molecule has 0 fully saturated rings. The minimum absolute atomic E-state index is 0.318. The Morgan fingerprint density at radius 2 is 2.40 bits per heavy atom. The van der Waals surface area contributed by atoms with E-state index >= 15 is 0 Å². The van der Waals surface area contributed by atoms with E-state index in [0.717, 1.165) is 12.2 Å². The zero-order valence-corrected chi connectivity index (χ0v) is 9.12. The highest BCUT2D eigenvalue weighted by atomic mass is 16.4. The fourth-order valence-electron chi connectivity index (χ4n) is 1.25. The lowest BCUT2D eigenvalue weighted by atomic mass is 10.2. The molecule has 1 heterocycles. The lowest BCUT2D eigenvalue weighted by Crippen LogP contribution is -2.40. The average Bonchev–Trinajstić information content (AvgIpc) is 2.66. The van der Waals surface area contributed by atoms with Crippen molar-refractivity contribution in [2.45, 2.75) is 39.3 Å². The predicted molar refractivity (Wildman–Crippen MR) is 56.0 cm³/mol. The first-order valence-corrected chi connectivity index (χ1v) is 5.13. The number of aryl methyl sites for hydroxylation is 1. The van der Waals surface area contributed by atoms with Gasteiger partial charge in [0.2, 0.25) is 11.8 Å². The molecule has 0 aliphatic rings. The summed E-state index contributed by atoms with van der Waals surface area (Å²) in [6, 6.07) is -0.318. The molecule has 0 bridgehead atoms. The van der Waals surface area contributed by atoms with Crippen LogP contribution < -0.4 is 11.1 Å². The van der Waals surface area contributed by atoms with E-state index in [1.807, 2.05) is 13.8 Å². The van der Waals surface area contributed by atoms with Gasteiger partial charge in [-0.15, -0.1) is 0 Å². The zero-order chi connectivity index (χ0) is 11.3. The highest BCUT2D eigenvalue weighted by Gasteiger charge is 2.12. The number of oxazole rings is 1. The average molecular weight is 211 g/mol. The number of amides is 1. The summed E-state index contributed by atoms with van der Waals surface area (Å²) >= 11 is 0. The molecule has 1 rings (SSSR count). The van der Waals surface area contributed by atoms with Crippen molar-refractivity contribution in [1.82, 2.24) is 10.3 Å². The van der Waals surface area contributed by atoms with Crippen LogP contribution in [0.3, 0.4) is 0 Å². The molecule has 5 nitrogen and oxygen atoms in total. The summed E-state index contributed by atoms with van der Waals surface area (Å²) in [6.45, 7) is 4.33. The molecule has 1 aromatic heterocycles. The molecule has 3 N–H and O–H groups in total. The van der Waals surface area contributed by atoms with Crippen molar-refractivity contribution in [3.63, 3.8) is 0 Å². The zero-order valence-electron chi connectivity index (χ0n) is 9.12. The normalized spacial score (nSPS) is 12.7. The van der Waals surface area contributed by atoms with Gasteiger partial charge in [0.05, 0.1) is 18.8 Å². The van der Waals surface area contributed by atoms with Crippen LogP contribution in [0.5, 0.6) is 0 Å². The number of rotatable bonds is 6. The number of nitrogens with two attached hydrogens (primary N) is 1. The van der Waals surface area contributed by atoms with E-state index in [2.05, 4.69) is 10.3 Å². The monoisotopic (exact) mass is 211 g/mol. The van der Waals surface area contributed by atoms with Crippen LogP contribution in [0.1, 0.15) is 31.9 Å². The van der Waals surface area contributed by atoms with Crippen LogP contribution in [0.4, 0.5) is 0 Å². The Balaban J connectivity index is 2.45. The van der Waals surface area contributed by atoms with Gasteiger partial charge in [0.25, 0.3) is 0 Å². The maximum atomic E-state index is 10.9. The highest BCUT2D eigenvalue weighted by molar-refractivity contribution is 5.79. The number of hydrogen-bond acceptors (Lipinski definition) is 4. The van der Waals surface area contributed by atoms with Crippen LogP contribution in [0.15, 0.2) is 10.6 Å². The van der Waals surface area contributed by atoms with Gasteiger partial charge in [0.1, 0.15) is 5.76 Å². The number of primary amides is 1. The number of nitrogens with one attached hydrogen (secondary N) is 1. The summed E-state index contributed by atoms with van der Waals surface area (Å²) < 4.78 is 5.38. The maximum absolute atomic E-state index is 10.9. The third kappa shape index (κ3) is 3.36. The number of carbonyl (C=O) groups excluding carboxylic acids is 1. The Labute approximate surface area is 89.1 Å². The van der Waals surface area contributed by atoms with Gasteiger partial charge >= 0.3 is 0 Å². The molecule has 1 atom stereocenters. The minimum atomic E-state index is -0.347. The topological polar surface area (TPSA) is 81.1 Å². The first kappa shape index (κ1) is 11.7. The van der Waals surface area contributed by atoms with Gasteiger partial charge in [-0.3, -0.25) is 10.1 Å². The second-order valence-electron chi connectivity index (χ2n) is 3.32. The summed E-state index contributed by atoms with van der Waals surface area (Å²) in [4.78, 5) is 15.0. The lowest BCUT2D eigenvalue weighted by Gasteiger charge is -2.10. The van der Waals surface area contributed by atoms with E-state index in [1.54, 1.807) is 6.20 Å². The van der Waals surface area contributed by atoms with Crippen molar-refractivity contribution >= 4 is 5.91 Å². The number of carbonyl (C=O) groups is 1. The van der Waals surface area contributed by atoms with Gasteiger partial charge in [-0.05, 0) is 6.42 Å². The Kier molecular flexibility index (Phi) is 4.30. The van der Waals surface area contributed by atoms with Gasteiger partial charge in [-0.25, -0.2) is 4.98 Å². The fourth-order valence-corrected chi connectivity index (χ4v) is 1.25. The molecule has 0 saturated heterocycles. The van der Waals surface area contributed by atoms with Crippen molar-refractivity contribution in [2.24, 2.45) is 5.73 Å². The second-order valence-corrected chi connectivity index (χ2v) is 3.32. The summed E-state index contributed by atoms with van der Waals surface area (Å²) in [5.74, 6) is 1.09. The quantitative estimate of drug-likeness (QED) is 0.721. The molecule has 1 unspecified atom stereocenters. The van der Waals surface area contributed by atoms with Gasteiger partial charge in [0, 0.05) is 6.42 Å². The molecule has 0 saturated carbocycles. The largest absolute Gasteiger partial charge is 0.444 e. The molecule has 5 heteroatoms. The summed E-state index contributed by atoms with van der Waals surface area (Å²) in [6.07, 6.45) is 3.18. The van der Waals surface area contributed by atoms with E-state index in [1.165, 1.54) is 0 Å². The molecule has 15 heavy (non-hydrogen) atoms. The SMILES string of the molecule is CCc1cnc(CNC(CC)C(N)=O)o1. The molecule has 0 aromatic carbocycles. The minimum Gasteiger partial charge on any atom is -0.444 e. The van der Waals surface area contributed by atoms with Crippen molar-refractivity contribution in [1.29, 1.82) is 0 Å². The van der Waals surface area contributed by atoms with Crippen molar-refractivity contribution < 1.29 is 9.21 Å². The summed E-state index contributed by atoms with van der Waals surface area (Å²) in [5.41, 5.74) is 5.19. The first-order valence-electron chi connectivity index (χ1n) is 5.13. The van der Waals surface area contributed by atoms with Crippen molar-refractivity contribution in [2.75, 3.05) is 0 Å². The lowest BCUT2D eigenvalue weighted by molar-refractivity contribution is -0.120. The van der Waals surface area contributed by atoms with Crippen LogP contribution in [-0.4, -0.2) is 16.9 Å². The van der Waals surface area contributed by atoms with E-state index < -0.39 is 0 Å². The van der Waals surface area contributed by atoms with Gasteiger partial charge in [-0.2, -0.15) is 0 Å². The highest BCUT2D eigenvalue weighted by Crippen LogP contribution is 2.04. The molecule has 84 valence electrons. The second kappa shape index (κ2) is 5.50. The Morgan fingerprint density at radius 1 is 1.67 bits per heavy atom. The van der Waals surface area contributed by atoms with E-state index in [0.29, 0.717) is 18.9 Å². The fraction of sp³-hybridized carbons (Fsp3) is 0.600. The molecule has 0 aliphatic carbocycles. The number of nitrogens with zero attached hydrogens (tertiary/aromatic N) is 1. The molecule has 1 aromatic rings. The van der Waals surface area contributed by atoms with Crippen LogP contribution in [0, 0.1) is 0 Å². The number of hydrogen-bond donors (Lipinski definition) is 2. The standard InChI is InChI=1S/C10H17N3O2/c1-3-7-5-13-9(15-7)6-12-8(4-2)10(11)14/h5,8,12H,3-4,6H2,1-2H3,(H2,11,14). The molecular weight excluding hydrogens is 194 g/mol. The van der Waals surface area contributed by atoms with Crippen LogP contribution in [0.25, 0.3) is 0 Å².